The molecule has 0 radical (unpaired) electrons. The average molecular weight is 218 g/mol. The Morgan fingerprint density at radius 2 is 2.12 bits per heavy atom. The molecule has 16 heavy (non-hydrogen) atoms. The lowest BCUT2D eigenvalue weighted by molar-refractivity contribution is -0.120. The van der Waals surface area contributed by atoms with Crippen LogP contribution in [0.25, 0.3) is 0 Å². The number of aromatic nitrogens is 1. The number of hydrogen-bond donors (Lipinski definition) is 0. The molecule has 0 aromatic carbocycles. The molecule has 1 saturated heterocycles. The monoisotopic (exact) mass is 218 g/mol. The van der Waals surface area contributed by atoms with Crippen LogP contribution >= 0.6 is 0 Å². The second kappa shape index (κ2) is 3.47. The van der Waals surface area contributed by atoms with Gasteiger partial charge < -0.3 is 9.47 Å². The molecule has 1 aromatic rings. The SMILES string of the molecule is O=CN1C[C@H]2C[C@H](C1)c1cccc(=O)n1C2. The summed E-state index contributed by atoms with van der Waals surface area (Å²) in [5, 5.41) is 0. The van der Waals surface area contributed by atoms with Crippen molar-refractivity contribution in [2.75, 3.05) is 13.1 Å². The number of carbonyl (C=O) groups is 1. The first-order chi connectivity index (χ1) is 7.78. The third-order valence-electron chi connectivity index (χ3n) is 3.66. The topological polar surface area (TPSA) is 42.3 Å². The summed E-state index contributed by atoms with van der Waals surface area (Å²) >= 11 is 0. The van der Waals surface area contributed by atoms with Crippen molar-refractivity contribution in [3.63, 3.8) is 0 Å². The number of likely N-dealkylation sites (tertiary alicyclic amines) is 1. The first-order valence-electron chi connectivity index (χ1n) is 5.67. The van der Waals surface area contributed by atoms with Crippen molar-refractivity contribution in [3.05, 3.63) is 34.2 Å². The molecule has 2 aliphatic rings. The summed E-state index contributed by atoms with van der Waals surface area (Å²) in [4.78, 5) is 24.4. The Balaban J connectivity index is 2.05. The van der Waals surface area contributed by atoms with Gasteiger partial charge in [-0.3, -0.25) is 9.59 Å². The Kier molecular flexibility index (Phi) is 2.09. The lowest BCUT2D eigenvalue weighted by Gasteiger charge is -2.41. The molecule has 0 saturated carbocycles. The van der Waals surface area contributed by atoms with Crippen molar-refractivity contribution in [1.29, 1.82) is 0 Å². The van der Waals surface area contributed by atoms with Crippen LogP contribution in [0, 0.1) is 5.92 Å². The molecule has 2 atom stereocenters. The molecule has 0 aliphatic carbocycles. The van der Waals surface area contributed by atoms with Crippen LogP contribution in [-0.4, -0.2) is 29.0 Å². The molecular weight excluding hydrogens is 204 g/mol. The minimum Gasteiger partial charge on any atom is -0.344 e. The van der Waals surface area contributed by atoms with Gasteiger partial charge in [-0.1, -0.05) is 6.07 Å². The maximum Gasteiger partial charge on any atom is 0.250 e. The quantitative estimate of drug-likeness (QED) is 0.641. The molecule has 0 N–H and O–H groups in total. The van der Waals surface area contributed by atoms with E-state index in [4.69, 9.17) is 0 Å². The molecule has 3 rings (SSSR count). The van der Waals surface area contributed by atoms with Gasteiger partial charge in [0, 0.05) is 37.3 Å². The second-order valence-corrected chi connectivity index (χ2v) is 4.76. The second-order valence-electron chi connectivity index (χ2n) is 4.76. The van der Waals surface area contributed by atoms with Crippen LogP contribution in [0.2, 0.25) is 0 Å². The van der Waals surface area contributed by atoms with Gasteiger partial charge in [0.25, 0.3) is 5.56 Å². The lowest BCUT2D eigenvalue weighted by atomic mass is 9.83. The highest BCUT2D eigenvalue weighted by Gasteiger charge is 2.33. The van der Waals surface area contributed by atoms with E-state index in [1.54, 1.807) is 6.07 Å². The molecule has 2 aliphatic heterocycles. The first-order valence-corrected chi connectivity index (χ1v) is 5.67. The van der Waals surface area contributed by atoms with Gasteiger partial charge in [0.15, 0.2) is 0 Å². The smallest absolute Gasteiger partial charge is 0.250 e. The predicted molar refractivity (Wildman–Crippen MR) is 59.2 cm³/mol. The zero-order valence-electron chi connectivity index (χ0n) is 9.00. The Bertz CT molecular complexity index is 480. The summed E-state index contributed by atoms with van der Waals surface area (Å²) in [7, 11) is 0. The lowest BCUT2D eigenvalue weighted by Crippen LogP contribution is -2.46. The fourth-order valence-electron chi connectivity index (χ4n) is 3.02. The third-order valence-corrected chi connectivity index (χ3v) is 3.66. The van der Waals surface area contributed by atoms with E-state index in [1.165, 1.54) is 0 Å². The number of piperidine rings is 1. The normalized spacial score (nSPS) is 27.4. The van der Waals surface area contributed by atoms with E-state index in [0.717, 1.165) is 38.2 Å². The predicted octanol–water partition coefficient (Wildman–Crippen LogP) is 0.424. The van der Waals surface area contributed by atoms with E-state index in [1.807, 2.05) is 21.6 Å². The Morgan fingerprint density at radius 1 is 1.25 bits per heavy atom. The highest BCUT2D eigenvalue weighted by Crippen LogP contribution is 2.34. The van der Waals surface area contributed by atoms with Crippen LogP contribution in [0.1, 0.15) is 18.0 Å². The van der Waals surface area contributed by atoms with E-state index in [9.17, 15) is 9.59 Å². The van der Waals surface area contributed by atoms with Gasteiger partial charge in [0.2, 0.25) is 6.41 Å². The molecule has 4 heteroatoms. The van der Waals surface area contributed by atoms with Crippen molar-refractivity contribution in [2.45, 2.75) is 18.9 Å². The van der Waals surface area contributed by atoms with Crippen molar-refractivity contribution in [2.24, 2.45) is 5.92 Å². The van der Waals surface area contributed by atoms with Crippen LogP contribution in [0.5, 0.6) is 0 Å². The largest absolute Gasteiger partial charge is 0.344 e. The molecule has 4 nitrogen and oxygen atoms in total. The van der Waals surface area contributed by atoms with Gasteiger partial charge in [0.05, 0.1) is 0 Å². The van der Waals surface area contributed by atoms with E-state index >= 15 is 0 Å². The number of carbonyl (C=O) groups excluding carboxylic acids is 1. The van der Waals surface area contributed by atoms with E-state index in [0.29, 0.717) is 11.8 Å². The van der Waals surface area contributed by atoms with Crippen molar-refractivity contribution in [1.82, 2.24) is 9.47 Å². The minimum absolute atomic E-state index is 0.0896. The number of nitrogens with zero attached hydrogens (tertiary/aromatic N) is 2. The van der Waals surface area contributed by atoms with Crippen LogP contribution < -0.4 is 5.56 Å². The molecule has 84 valence electrons. The van der Waals surface area contributed by atoms with E-state index < -0.39 is 0 Å². The number of rotatable bonds is 1. The number of fused-ring (bicyclic) bond motifs is 4. The summed E-state index contributed by atoms with van der Waals surface area (Å²) in [6, 6.07) is 5.44. The van der Waals surface area contributed by atoms with E-state index in [-0.39, 0.29) is 5.56 Å². The van der Waals surface area contributed by atoms with Gasteiger partial charge in [-0.25, -0.2) is 0 Å². The molecule has 0 spiro atoms. The summed E-state index contributed by atoms with van der Waals surface area (Å²) in [6.45, 7) is 2.31. The minimum atomic E-state index is 0.0896. The van der Waals surface area contributed by atoms with Crippen molar-refractivity contribution >= 4 is 6.41 Å². The zero-order valence-corrected chi connectivity index (χ0v) is 9.00. The van der Waals surface area contributed by atoms with Crippen LogP contribution in [0.15, 0.2) is 23.0 Å². The van der Waals surface area contributed by atoms with Crippen LogP contribution in [-0.2, 0) is 11.3 Å². The maximum atomic E-state index is 11.7. The Labute approximate surface area is 93.5 Å². The summed E-state index contributed by atoms with van der Waals surface area (Å²) < 4.78 is 1.88. The summed E-state index contributed by atoms with van der Waals surface area (Å²) in [5.41, 5.74) is 1.18. The first kappa shape index (κ1) is 9.63. The number of hydrogen-bond acceptors (Lipinski definition) is 2. The molecule has 1 aromatic heterocycles. The van der Waals surface area contributed by atoms with Gasteiger partial charge in [-0.2, -0.15) is 0 Å². The highest BCUT2D eigenvalue weighted by molar-refractivity contribution is 5.47. The molecule has 0 unspecified atom stereocenters. The Morgan fingerprint density at radius 3 is 2.94 bits per heavy atom. The van der Waals surface area contributed by atoms with Gasteiger partial charge in [0.1, 0.15) is 0 Å². The standard InChI is InChI=1S/C12H14N2O2/c15-8-13-5-9-4-10(7-13)11-2-1-3-12(16)14(11)6-9/h1-3,8-10H,4-7H2/t9-,10-/m1/s1. The van der Waals surface area contributed by atoms with Crippen molar-refractivity contribution in [3.8, 4) is 0 Å². The third kappa shape index (κ3) is 1.37. The van der Waals surface area contributed by atoms with E-state index in [2.05, 4.69) is 0 Å². The maximum absolute atomic E-state index is 11.7. The van der Waals surface area contributed by atoms with Crippen LogP contribution in [0.3, 0.4) is 0 Å². The molecular formula is C12H14N2O2. The van der Waals surface area contributed by atoms with Gasteiger partial charge in [-0.15, -0.1) is 0 Å². The fourth-order valence-corrected chi connectivity index (χ4v) is 3.02. The molecule has 3 heterocycles. The molecule has 1 amide bonds. The van der Waals surface area contributed by atoms with Crippen LogP contribution in [0.4, 0.5) is 0 Å². The Hall–Kier alpha value is -1.58. The van der Waals surface area contributed by atoms with Gasteiger partial charge >= 0.3 is 0 Å². The average Bonchev–Trinajstić information content (AvgIpc) is 2.30. The highest BCUT2D eigenvalue weighted by atomic mass is 16.1. The number of pyridine rings is 1. The number of amides is 1. The van der Waals surface area contributed by atoms with Crippen molar-refractivity contribution < 1.29 is 4.79 Å². The van der Waals surface area contributed by atoms with Gasteiger partial charge in [-0.05, 0) is 18.4 Å². The summed E-state index contributed by atoms with van der Waals surface area (Å²) in [6.07, 6.45) is 2.03. The zero-order chi connectivity index (χ0) is 11.1. The summed E-state index contributed by atoms with van der Waals surface area (Å²) in [5.74, 6) is 0.781. The molecule has 2 bridgehead atoms. The fraction of sp³-hybridized carbons (Fsp3) is 0.500. The molecule has 1 fully saturated rings.